The molecule has 26 heavy (non-hydrogen) atoms. The van der Waals surface area contributed by atoms with E-state index >= 15 is 0 Å². The van der Waals surface area contributed by atoms with Gasteiger partial charge in [0.15, 0.2) is 0 Å². The van der Waals surface area contributed by atoms with Gasteiger partial charge in [0.2, 0.25) is 0 Å². The van der Waals surface area contributed by atoms with Gasteiger partial charge in [-0.05, 0) is 37.1 Å². The van der Waals surface area contributed by atoms with E-state index in [1.807, 2.05) is 11.0 Å². The summed E-state index contributed by atoms with van der Waals surface area (Å²) >= 11 is 0. The lowest BCUT2D eigenvalue weighted by Crippen LogP contribution is -2.40. The van der Waals surface area contributed by atoms with E-state index in [1.165, 1.54) is 6.42 Å². The van der Waals surface area contributed by atoms with Crippen molar-refractivity contribution in [1.29, 1.82) is 0 Å². The molecule has 0 aliphatic carbocycles. The van der Waals surface area contributed by atoms with Crippen molar-refractivity contribution in [2.24, 2.45) is 0 Å². The molecule has 1 saturated heterocycles. The fraction of sp³-hybridized carbons (Fsp3) is 0.333. The molecule has 1 aromatic carbocycles. The standard InChI is InChI=1S/C21H24N2O3/c24-20(17-10-5-4-6-11-17)22-19(16-18-12-9-15-26-18)21(25)23-13-7-2-1-3-8-14-23/h4-6,9-12,15-16H,1-3,7-8,13-14H2,(H,22,24)/b19-16-. The van der Waals surface area contributed by atoms with Gasteiger partial charge in [0.25, 0.3) is 11.8 Å². The van der Waals surface area contributed by atoms with Crippen LogP contribution in [0.25, 0.3) is 6.08 Å². The molecule has 5 nitrogen and oxygen atoms in total. The van der Waals surface area contributed by atoms with Gasteiger partial charge in [-0.25, -0.2) is 0 Å². The number of furan rings is 1. The van der Waals surface area contributed by atoms with Gasteiger partial charge in [-0.3, -0.25) is 9.59 Å². The second kappa shape index (κ2) is 9.04. The van der Waals surface area contributed by atoms with E-state index in [1.54, 1.807) is 48.7 Å². The van der Waals surface area contributed by atoms with Crippen LogP contribution < -0.4 is 5.32 Å². The predicted octanol–water partition coefficient (Wildman–Crippen LogP) is 3.84. The molecule has 136 valence electrons. The second-order valence-electron chi connectivity index (χ2n) is 6.45. The summed E-state index contributed by atoms with van der Waals surface area (Å²) in [6.07, 6.45) is 8.63. The van der Waals surface area contributed by atoms with Crippen molar-refractivity contribution >= 4 is 17.9 Å². The van der Waals surface area contributed by atoms with Crippen molar-refractivity contribution in [1.82, 2.24) is 10.2 Å². The van der Waals surface area contributed by atoms with Crippen molar-refractivity contribution in [2.75, 3.05) is 13.1 Å². The van der Waals surface area contributed by atoms with Crippen LogP contribution in [0.4, 0.5) is 0 Å². The SMILES string of the molecule is O=C(N/C(=C\c1ccco1)C(=O)N1CCCCCCC1)c1ccccc1. The Bertz CT molecular complexity index is 743. The van der Waals surface area contributed by atoms with Gasteiger partial charge in [-0.1, -0.05) is 37.5 Å². The van der Waals surface area contributed by atoms with Gasteiger partial charge in [0.05, 0.1) is 6.26 Å². The van der Waals surface area contributed by atoms with Gasteiger partial charge >= 0.3 is 0 Å². The number of carbonyl (C=O) groups excluding carboxylic acids is 2. The Morgan fingerprint density at radius 2 is 1.62 bits per heavy atom. The first-order valence-electron chi connectivity index (χ1n) is 9.15. The zero-order chi connectivity index (χ0) is 18.2. The minimum absolute atomic E-state index is 0.160. The topological polar surface area (TPSA) is 62.6 Å². The number of rotatable bonds is 4. The number of nitrogens with one attached hydrogen (secondary N) is 1. The van der Waals surface area contributed by atoms with Crippen molar-refractivity contribution in [3.63, 3.8) is 0 Å². The normalized spacial score (nSPS) is 15.8. The summed E-state index contributed by atoms with van der Waals surface area (Å²) in [5, 5.41) is 2.78. The molecule has 5 heteroatoms. The highest BCUT2D eigenvalue weighted by Gasteiger charge is 2.21. The van der Waals surface area contributed by atoms with Crippen LogP contribution in [0.2, 0.25) is 0 Å². The van der Waals surface area contributed by atoms with E-state index in [-0.39, 0.29) is 17.5 Å². The molecule has 3 rings (SSSR count). The van der Waals surface area contributed by atoms with Crippen LogP contribution in [-0.2, 0) is 4.79 Å². The Labute approximate surface area is 153 Å². The summed E-state index contributed by atoms with van der Waals surface area (Å²) in [6, 6.07) is 12.4. The summed E-state index contributed by atoms with van der Waals surface area (Å²) in [5.41, 5.74) is 0.757. The number of nitrogens with zero attached hydrogens (tertiary/aromatic N) is 1. The van der Waals surface area contributed by atoms with Crippen LogP contribution in [-0.4, -0.2) is 29.8 Å². The minimum Gasteiger partial charge on any atom is -0.465 e. The van der Waals surface area contributed by atoms with Gasteiger partial charge in [-0.2, -0.15) is 0 Å². The molecule has 2 amide bonds. The van der Waals surface area contributed by atoms with Crippen LogP contribution in [0.5, 0.6) is 0 Å². The van der Waals surface area contributed by atoms with Crippen LogP contribution in [0.1, 0.15) is 48.2 Å². The minimum atomic E-state index is -0.302. The largest absolute Gasteiger partial charge is 0.465 e. The van der Waals surface area contributed by atoms with Crippen LogP contribution in [0.15, 0.2) is 58.8 Å². The quantitative estimate of drug-likeness (QED) is 0.850. The van der Waals surface area contributed by atoms with Crippen LogP contribution in [0.3, 0.4) is 0 Å². The van der Waals surface area contributed by atoms with Crippen LogP contribution >= 0.6 is 0 Å². The monoisotopic (exact) mass is 352 g/mol. The Morgan fingerprint density at radius 3 is 2.27 bits per heavy atom. The first-order chi connectivity index (χ1) is 12.7. The third kappa shape index (κ3) is 4.85. The molecule has 1 N–H and O–H groups in total. The summed E-state index contributed by atoms with van der Waals surface area (Å²) in [7, 11) is 0. The maximum absolute atomic E-state index is 13.1. The number of hydrogen-bond acceptors (Lipinski definition) is 3. The van der Waals surface area contributed by atoms with E-state index < -0.39 is 0 Å². The van der Waals surface area contributed by atoms with Gasteiger partial charge in [0.1, 0.15) is 11.5 Å². The molecule has 0 saturated carbocycles. The number of likely N-dealkylation sites (tertiary alicyclic amines) is 1. The molecule has 1 fully saturated rings. The van der Waals surface area contributed by atoms with E-state index in [0.717, 1.165) is 38.8 Å². The van der Waals surface area contributed by atoms with Gasteiger partial charge in [-0.15, -0.1) is 0 Å². The third-order valence-electron chi connectivity index (χ3n) is 4.49. The Morgan fingerprint density at radius 1 is 0.923 bits per heavy atom. The molecule has 1 aromatic heterocycles. The summed E-state index contributed by atoms with van der Waals surface area (Å²) < 4.78 is 5.34. The number of benzene rings is 1. The third-order valence-corrected chi connectivity index (χ3v) is 4.49. The average Bonchev–Trinajstić information content (AvgIpc) is 3.14. The van der Waals surface area contributed by atoms with Crippen molar-refractivity contribution < 1.29 is 14.0 Å². The molecule has 0 radical (unpaired) electrons. The van der Waals surface area contributed by atoms with Crippen molar-refractivity contribution in [3.05, 3.63) is 65.7 Å². The van der Waals surface area contributed by atoms with E-state index in [0.29, 0.717) is 11.3 Å². The maximum Gasteiger partial charge on any atom is 0.270 e. The highest BCUT2D eigenvalue weighted by atomic mass is 16.3. The van der Waals surface area contributed by atoms with E-state index in [2.05, 4.69) is 5.32 Å². The molecule has 2 aromatic rings. The first-order valence-corrected chi connectivity index (χ1v) is 9.15. The Kier molecular flexibility index (Phi) is 6.25. The van der Waals surface area contributed by atoms with Crippen LogP contribution in [0, 0.1) is 0 Å². The molecule has 2 heterocycles. The van der Waals surface area contributed by atoms with Crippen molar-refractivity contribution in [2.45, 2.75) is 32.1 Å². The predicted molar refractivity (Wildman–Crippen MR) is 100 cm³/mol. The Balaban J connectivity index is 1.81. The maximum atomic E-state index is 13.1. The lowest BCUT2D eigenvalue weighted by molar-refractivity contribution is -0.127. The van der Waals surface area contributed by atoms with Crippen molar-refractivity contribution in [3.8, 4) is 0 Å². The zero-order valence-electron chi connectivity index (χ0n) is 14.8. The van der Waals surface area contributed by atoms with E-state index in [4.69, 9.17) is 4.42 Å². The number of carbonyl (C=O) groups is 2. The second-order valence-corrected chi connectivity index (χ2v) is 6.45. The molecular weight excluding hydrogens is 328 g/mol. The molecular formula is C21H24N2O3. The summed E-state index contributed by atoms with van der Waals surface area (Å²) in [6.45, 7) is 1.44. The first kappa shape index (κ1) is 18.0. The number of amides is 2. The zero-order valence-corrected chi connectivity index (χ0v) is 14.8. The summed E-state index contributed by atoms with van der Waals surface area (Å²) in [4.78, 5) is 27.4. The highest BCUT2D eigenvalue weighted by molar-refractivity contribution is 6.05. The van der Waals surface area contributed by atoms with Gasteiger partial charge in [0, 0.05) is 24.7 Å². The molecule has 0 spiro atoms. The fourth-order valence-electron chi connectivity index (χ4n) is 3.07. The molecule has 0 bridgehead atoms. The highest BCUT2D eigenvalue weighted by Crippen LogP contribution is 2.15. The smallest absolute Gasteiger partial charge is 0.270 e. The van der Waals surface area contributed by atoms with Gasteiger partial charge < -0.3 is 14.6 Å². The summed E-state index contributed by atoms with van der Waals surface area (Å²) in [5.74, 6) is 0.0742. The van der Waals surface area contributed by atoms with E-state index in [9.17, 15) is 9.59 Å². The molecule has 1 aliphatic heterocycles. The lowest BCUT2D eigenvalue weighted by Gasteiger charge is -2.26. The molecule has 0 atom stereocenters. The molecule has 1 aliphatic rings. The fourth-order valence-corrected chi connectivity index (χ4v) is 3.07. The average molecular weight is 352 g/mol. The Hall–Kier alpha value is -2.82. The number of hydrogen-bond donors (Lipinski definition) is 1. The molecule has 0 unspecified atom stereocenters. The lowest BCUT2D eigenvalue weighted by atomic mass is 10.1.